The number of benzene rings is 2. The van der Waals surface area contributed by atoms with E-state index in [0.717, 1.165) is 0 Å². The van der Waals surface area contributed by atoms with E-state index in [2.05, 4.69) is 0 Å². The number of amides is 1. The Morgan fingerprint density at radius 3 is 2.57 bits per heavy atom. The van der Waals surface area contributed by atoms with Gasteiger partial charge in [0.05, 0.1) is 7.11 Å². The fourth-order valence-corrected chi connectivity index (χ4v) is 4.12. The van der Waals surface area contributed by atoms with Gasteiger partial charge in [-0.3, -0.25) is 9.59 Å². The molecule has 4 aromatic rings. The lowest BCUT2D eigenvalue weighted by Crippen LogP contribution is -2.32. The largest absolute Gasteiger partial charge is 0.497 e. The number of para-hydroxylation sites is 1. The summed E-state index contributed by atoms with van der Waals surface area (Å²) in [5.41, 5.74) is 0.683. The van der Waals surface area contributed by atoms with Crippen molar-refractivity contribution in [1.82, 2.24) is 9.29 Å². The highest BCUT2D eigenvalue weighted by molar-refractivity contribution is 7.90. The van der Waals surface area contributed by atoms with Crippen LogP contribution in [0.1, 0.15) is 10.5 Å². The number of ether oxygens (including phenoxy) is 1. The van der Waals surface area contributed by atoms with Crippen LogP contribution in [0, 0.1) is 0 Å². The molecule has 0 aliphatic carbocycles. The average molecular weight is 428 g/mol. The smallest absolute Gasteiger partial charge is 0.323 e. The molecule has 0 aliphatic rings. The number of furan rings is 1. The number of nitrogens with zero attached hydrogens (tertiary/aromatic N) is 1. The van der Waals surface area contributed by atoms with Crippen molar-refractivity contribution >= 4 is 43.8 Å². The average Bonchev–Trinajstić information content (AvgIpc) is 3.29. The van der Waals surface area contributed by atoms with Gasteiger partial charge in [-0.15, -0.1) is 0 Å². The zero-order valence-electron chi connectivity index (χ0n) is 15.7. The van der Waals surface area contributed by atoms with E-state index in [1.54, 1.807) is 42.5 Å². The monoisotopic (exact) mass is 428 g/mol. The van der Waals surface area contributed by atoms with Gasteiger partial charge in [0.25, 0.3) is 15.9 Å². The molecular formula is C20H16N2O7S. The summed E-state index contributed by atoms with van der Waals surface area (Å²) in [6.07, 6.45) is 0. The third-order valence-electron chi connectivity index (χ3n) is 4.53. The Morgan fingerprint density at radius 1 is 1.10 bits per heavy atom. The maximum atomic E-state index is 12.8. The first-order chi connectivity index (χ1) is 14.3. The second-order valence-corrected chi connectivity index (χ2v) is 8.09. The molecule has 9 nitrogen and oxygen atoms in total. The van der Waals surface area contributed by atoms with Gasteiger partial charge in [0.2, 0.25) is 5.09 Å². The van der Waals surface area contributed by atoms with Gasteiger partial charge < -0.3 is 18.8 Å². The number of carboxylic acids is 1. The van der Waals surface area contributed by atoms with Crippen LogP contribution in [0.25, 0.3) is 21.9 Å². The van der Waals surface area contributed by atoms with Gasteiger partial charge in [-0.25, -0.2) is 4.72 Å². The SMILES string of the molecule is COc1ccc2c(c1)cc(C(=O)NS(=O)(=O)c1cc3ccccc3o1)n2CC(=O)O. The van der Waals surface area contributed by atoms with Crippen LogP contribution in [0.3, 0.4) is 0 Å². The lowest BCUT2D eigenvalue weighted by Gasteiger charge is -2.09. The van der Waals surface area contributed by atoms with E-state index in [-0.39, 0.29) is 5.69 Å². The standard InChI is InChI=1S/C20H16N2O7S/c1-28-14-6-7-15-13(8-14)9-16(22(15)11-18(23)24)20(25)21-30(26,27)19-10-12-4-2-3-5-17(12)29-19/h2-10H,11H2,1H3,(H,21,25)(H,23,24). The van der Waals surface area contributed by atoms with Crippen molar-refractivity contribution in [2.45, 2.75) is 11.6 Å². The van der Waals surface area contributed by atoms with Crippen molar-refractivity contribution in [3.8, 4) is 5.75 Å². The minimum atomic E-state index is -4.32. The molecule has 0 aliphatic heterocycles. The number of fused-ring (bicyclic) bond motifs is 2. The van der Waals surface area contributed by atoms with E-state index >= 15 is 0 Å². The van der Waals surface area contributed by atoms with Gasteiger partial charge in [-0.1, -0.05) is 18.2 Å². The highest BCUT2D eigenvalue weighted by Crippen LogP contribution is 2.26. The van der Waals surface area contributed by atoms with E-state index in [0.29, 0.717) is 27.6 Å². The van der Waals surface area contributed by atoms with Crippen molar-refractivity contribution in [2.24, 2.45) is 0 Å². The summed E-state index contributed by atoms with van der Waals surface area (Å²) in [6.45, 7) is -0.525. The van der Waals surface area contributed by atoms with E-state index in [4.69, 9.17) is 9.15 Å². The van der Waals surface area contributed by atoms with Gasteiger partial charge in [-0.2, -0.15) is 8.42 Å². The second kappa shape index (κ2) is 7.23. The number of methoxy groups -OCH3 is 1. The zero-order valence-corrected chi connectivity index (χ0v) is 16.5. The summed E-state index contributed by atoms with van der Waals surface area (Å²) in [7, 11) is -2.84. The van der Waals surface area contributed by atoms with Gasteiger partial charge in [0, 0.05) is 22.4 Å². The number of aromatic nitrogens is 1. The topological polar surface area (TPSA) is 128 Å². The van der Waals surface area contributed by atoms with E-state index in [9.17, 15) is 23.1 Å². The molecule has 1 amide bonds. The van der Waals surface area contributed by atoms with Crippen LogP contribution in [0.2, 0.25) is 0 Å². The number of sulfonamides is 1. The Labute approximate surface area is 170 Å². The molecule has 10 heteroatoms. The third kappa shape index (κ3) is 3.48. The van der Waals surface area contributed by atoms with Crippen molar-refractivity contribution in [1.29, 1.82) is 0 Å². The van der Waals surface area contributed by atoms with Crippen LogP contribution in [-0.4, -0.2) is 37.1 Å². The molecule has 154 valence electrons. The quantitative estimate of drug-likeness (QED) is 0.483. The number of carbonyl (C=O) groups excluding carboxylic acids is 1. The molecule has 0 unspecified atom stereocenters. The molecule has 30 heavy (non-hydrogen) atoms. The maximum absolute atomic E-state index is 12.8. The molecule has 0 bridgehead atoms. The molecule has 0 saturated carbocycles. The number of carboxylic acid groups (broad SMARTS) is 1. The normalized spacial score (nSPS) is 11.6. The number of hydrogen-bond acceptors (Lipinski definition) is 6. The van der Waals surface area contributed by atoms with E-state index < -0.39 is 33.5 Å². The molecule has 0 saturated heterocycles. The third-order valence-corrected chi connectivity index (χ3v) is 5.71. The highest BCUT2D eigenvalue weighted by atomic mass is 32.2. The lowest BCUT2D eigenvalue weighted by atomic mass is 10.2. The summed E-state index contributed by atoms with van der Waals surface area (Å²) in [4.78, 5) is 24.1. The van der Waals surface area contributed by atoms with Crippen LogP contribution in [0.5, 0.6) is 5.75 Å². The van der Waals surface area contributed by atoms with Crippen molar-refractivity contribution < 1.29 is 32.3 Å². The Kier molecular flexibility index (Phi) is 4.70. The Bertz CT molecular complexity index is 1370. The number of carbonyl (C=O) groups is 2. The predicted octanol–water partition coefficient (Wildman–Crippen LogP) is 2.60. The molecule has 0 spiro atoms. The lowest BCUT2D eigenvalue weighted by molar-refractivity contribution is -0.137. The van der Waals surface area contributed by atoms with Crippen LogP contribution < -0.4 is 9.46 Å². The van der Waals surface area contributed by atoms with Gasteiger partial charge in [0.1, 0.15) is 23.6 Å². The first kappa shape index (κ1) is 19.5. The maximum Gasteiger partial charge on any atom is 0.323 e. The van der Waals surface area contributed by atoms with E-state index in [1.807, 2.05) is 4.72 Å². The summed E-state index contributed by atoms with van der Waals surface area (Å²) in [5, 5.41) is 9.91. The van der Waals surface area contributed by atoms with Crippen molar-refractivity contribution in [3.05, 3.63) is 60.3 Å². The van der Waals surface area contributed by atoms with Crippen LogP contribution in [0.15, 0.2) is 64.1 Å². The minimum Gasteiger partial charge on any atom is -0.497 e. The van der Waals surface area contributed by atoms with E-state index in [1.165, 1.54) is 23.8 Å². The van der Waals surface area contributed by atoms with Gasteiger partial charge >= 0.3 is 5.97 Å². The zero-order chi connectivity index (χ0) is 21.5. The van der Waals surface area contributed by atoms with Crippen LogP contribution in [-0.2, 0) is 21.4 Å². The number of hydrogen-bond donors (Lipinski definition) is 2. The second-order valence-electron chi connectivity index (χ2n) is 6.47. The fraction of sp³-hybridized carbons (Fsp3) is 0.100. The predicted molar refractivity (Wildman–Crippen MR) is 107 cm³/mol. The molecule has 2 heterocycles. The first-order valence-corrected chi connectivity index (χ1v) is 10.2. The Morgan fingerprint density at radius 2 is 1.87 bits per heavy atom. The molecule has 2 aromatic heterocycles. The summed E-state index contributed by atoms with van der Waals surface area (Å²) < 4.78 is 39.0. The van der Waals surface area contributed by atoms with Crippen molar-refractivity contribution in [3.63, 3.8) is 0 Å². The number of nitrogens with one attached hydrogen (secondary N) is 1. The van der Waals surface area contributed by atoms with Gasteiger partial charge in [-0.05, 0) is 30.3 Å². The molecule has 4 rings (SSSR count). The Hall–Kier alpha value is -3.79. The van der Waals surface area contributed by atoms with Crippen LogP contribution in [0.4, 0.5) is 0 Å². The summed E-state index contributed by atoms with van der Waals surface area (Å²) in [6, 6.07) is 14.3. The molecule has 2 aromatic carbocycles. The number of rotatable bonds is 6. The number of aliphatic carboxylic acids is 1. The highest BCUT2D eigenvalue weighted by Gasteiger charge is 2.26. The molecule has 0 fully saturated rings. The molecular weight excluding hydrogens is 412 g/mol. The van der Waals surface area contributed by atoms with Gasteiger partial charge in [0.15, 0.2) is 0 Å². The summed E-state index contributed by atoms with van der Waals surface area (Å²) >= 11 is 0. The first-order valence-electron chi connectivity index (χ1n) is 8.73. The fourth-order valence-electron chi connectivity index (χ4n) is 3.18. The molecule has 0 atom stereocenters. The summed E-state index contributed by atoms with van der Waals surface area (Å²) in [5.74, 6) is -1.65. The van der Waals surface area contributed by atoms with Crippen LogP contribution >= 0.6 is 0 Å². The van der Waals surface area contributed by atoms with Crippen molar-refractivity contribution in [2.75, 3.05) is 7.11 Å². The molecule has 0 radical (unpaired) electrons. The minimum absolute atomic E-state index is 0.125. The molecule has 2 N–H and O–H groups in total. The Balaban J connectivity index is 1.73.